The van der Waals surface area contributed by atoms with Gasteiger partial charge in [-0.25, -0.2) is 4.79 Å². The molecule has 1 saturated heterocycles. The van der Waals surface area contributed by atoms with Gasteiger partial charge in [0.25, 0.3) is 5.91 Å². The molecule has 3 rings (SSSR count). The number of benzene rings is 1. The van der Waals surface area contributed by atoms with Crippen LogP contribution < -0.4 is 10.6 Å². The van der Waals surface area contributed by atoms with Gasteiger partial charge in [0.05, 0.1) is 0 Å². The summed E-state index contributed by atoms with van der Waals surface area (Å²) in [6, 6.07) is 6.92. The van der Waals surface area contributed by atoms with Gasteiger partial charge in [-0.15, -0.1) is 0 Å². The lowest BCUT2D eigenvalue weighted by Crippen LogP contribution is -2.47. The van der Waals surface area contributed by atoms with E-state index in [4.69, 9.17) is 0 Å². The highest BCUT2D eigenvalue weighted by molar-refractivity contribution is 14.1. The van der Waals surface area contributed by atoms with Crippen molar-refractivity contribution in [3.05, 3.63) is 27.8 Å². The first kappa shape index (κ1) is 18.2. The molecule has 0 unspecified atom stereocenters. The van der Waals surface area contributed by atoms with Crippen LogP contribution in [0.3, 0.4) is 0 Å². The van der Waals surface area contributed by atoms with E-state index in [0.717, 1.165) is 34.2 Å². The van der Waals surface area contributed by atoms with Crippen molar-refractivity contribution in [3.63, 3.8) is 0 Å². The molecule has 1 heterocycles. The third kappa shape index (κ3) is 4.13. The molecule has 4 amide bonds. The predicted octanol–water partition coefficient (Wildman–Crippen LogP) is 3.26. The summed E-state index contributed by atoms with van der Waals surface area (Å²) in [5, 5.41) is 5.62. The van der Waals surface area contributed by atoms with Crippen LogP contribution >= 0.6 is 22.6 Å². The Bertz CT molecular complexity index is 684. The molecule has 1 aliphatic heterocycles. The number of nitrogens with one attached hydrogen (secondary N) is 2. The minimum absolute atomic E-state index is 0.252. The predicted molar refractivity (Wildman–Crippen MR) is 103 cm³/mol. The topological polar surface area (TPSA) is 78.5 Å². The maximum absolute atomic E-state index is 12.9. The van der Waals surface area contributed by atoms with E-state index in [-0.39, 0.29) is 18.4 Å². The molecule has 0 aromatic heterocycles. The molecule has 0 radical (unpaired) electrons. The quantitative estimate of drug-likeness (QED) is 0.543. The van der Waals surface area contributed by atoms with E-state index in [1.807, 2.05) is 18.2 Å². The van der Waals surface area contributed by atoms with Crippen LogP contribution in [0.15, 0.2) is 24.3 Å². The first-order valence-electron chi connectivity index (χ1n) is 8.70. The van der Waals surface area contributed by atoms with Crippen LogP contribution in [-0.4, -0.2) is 34.8 Å². The molecule has 25 heavy (non-hydrogen) atoms. The Balaban J connectivity index is 1.66. The van der Waals surface area contributed by atoms with Gasteiger partial charge in [-0.2, -0.15) is 0 Å². The Morgan fingerprint density at radius 2 is 1.84 bits per heavy atom. The van der Waals surface area contributed by atoms with Gasteiger partial charge < -0.3 is 10.6 Å². The molecule has 2 aliphatic rings. The zero-order valence-corrected chi connectivity index (χ0v) is 16.2. The molecule has 0 atom stereocenters. The summed E-state index contributed by atoms with van der Waals surface area (Å²) in [4.78, 5) is 38.5. The highest BCUT2D eigenvalue weighted by Crippen LogP contribution is 2.32. The maximum atomic E-state index is 12.9. The van der Waals surface area contributed by atoms with Crippen molar-refractivity contribution in [2.45, 2.75) is 50.5 Å². The fraction of sp³-hybridized carbons (Fsp3) is 0.500. The molecule has 1 aliphatic carbocycles. The first-order chi connectivity index (χ1) is 12.0. The summed E-state index contributed by atoms with van der Waals surface area (Å²) >= 11 is 2.16. The number of imide groups is 1. The molecule has 1 aromatic rings. The molecule has 2 fully saturated rings. The summed E-state index contributed by atoms with van der Waals surface area (Å²) in [5.41, 5.74) is -0.149. The van der Waals surface area contributed by atoms with Crippen LogP contribution in [0.4, 0.5) is 10.5 Å². The van der Waals surface area contributed by atoms with Crippen LogP contribution in [0.25, 0.3) is 0 Å². The second-order valence-electron chi connectivity index (χ2n) is 6.73. The zero-order chi connectivity index (χ0) is 17.9. The zero-order valence-electron chi connectivity index (χ0n) is 14.0. The number of hydrogen-bond acceptors (Lipinski definition) is 3. The minimum Gasteiger partial charge on any atom is -0.324 e. The number of urea groups is 1. The van der Waals surface area contributed by atoms with E-state index in [9.17, 15) is 14.4 Å². The van der Waals surface area contributed by atoms with E-state index < -0.39 is 11.6 Å². The summed E-state index contributed by atoms with van der Waals surface area (Å²) in [6.45, 7) is -0.252. The molecule has 1 spiro atoms. The van der Waals surface area contributed by atoms with Gasteiger partial charge in [-0.05, 0) is 53.6 Å². The number of amides is 4. The lowest BCUT2D eigenvalue weighted by Gasteiger charge is -2.28. The van der Waals surface area contributed by atoms with Crippen molar-refractivity contribution < 1.29 is 14.4 Å². The largest absolute Gasteiger partial charge is 0.325 e. The van der Waals surface area contributed by atoms with E-state index >= 15 is 0 Å². The average molecular weight is 455 g/mol. The van der Waals surface area contributed by atoms with Crippen molar-refractivity contribution in [2.24, 2.45) is 0 Å². The van der Waals surface area contributed by atoms with Gasteiger partial charge in [0.1, 0.15) is 12.1 Å². The number of rotatable bonds is 3. The molecule has 7 heteroatoms. The van der Waals surface area contributed by atoms with Crippen LogP contribution in [0.2, 0.25) is 0 Å². The Labute approximate surface area is 160 Å². The smallest absolute Gasteiger partial charge is 0.324 e. The van der Waals surface area contributed by atoms with Gasteiger partial charge >= 0.3 is 6.03 Å². The highest BCUT2D eigenvalue weighted by atomic mass is 127. The summed E-state index contributed by atoms with van der Waals surface area (Å²) in [7, 11) is 0. The number of hydrogen-bond donors (Lipinski definition) is 2. The maximum Gasteiger partial charge on any atom is 0.325 e. The normalized spacial score (nSPS) is 20.1. The lowest BCUT2D eigenvalue weighted by molar-refractivity contribution is -0.134. The SMILES string of the molecule is O=C(CN1C(=O)NC2(CCCCCCC2)C1=O)Nc1cccc(I)c1. The van der Waals surface area contributed by atoms with E-state index in [1.54, 1.807) is 6.07 Å². The average Bonchev–Trinajstić information content (AvgIpc) is 2.76. The van der Waals surface area contributed by atoms with E-state index in [0.29, 0.717) is 18.5 Å². The fourth-order valence-electron chi connectivity index (χ4n) is 3.58. The monoisotopic (exact) mass is 455 g/mol. The van der Waals surface area contributed by atoms with Crippen LogP contribution in [0, 0.1) is 3.57 Å². The van der Waals surface area contributed by atoms with Gasteiger partial charge in [0.2, 0.25) is 5.91 Å². The first-order valence-corrected chi connectivity index (χ1v) is 9.78. The van der Waals surface area contributed by atoms with E-state index in [2.05, 4.69) is 33.2 Å². The van der Waals surface area contributed by atoms with Crippen LogP contribution in [-0.2, 0) is 9.59 Å². The van der Waals surface area contributed by atoms with E-state index in [1.165, 1.54) is 6.42 Å². The summed E-state index contributed by atoms with van der Waals surface area (Å²) in [6.07, 6.45) is 6.51. The molecule has 134 valence electrons. The second kappa shape index (κ2) is 7.72. The number of nitrogens with zero attached hydrogens (tertiary/aromatic N) is 1. The van der Waals surface area contributed by atoms with Crippen molar-refractivity contribution in [2.75, 3.05) is 11.9 Å². The number of anilines is 1. The Morgan fingerprint density at radius 3 is 2.52 bits per heavy atom. The van der Waals surface area contributed by atoms with Gasteiger partial charge in [0, 0.05) is 9.26 Å². The molecule has 2 N–H and O–H groups in total. The molecular weight excluding hydrogens is 433 g/mol. The second-order valence-corrected chi connectivity index (χ2v) is 7.98. The highest BCUT2D eigenvalue weighted by Gasteiger charge is 2.50. The number of carbonyl (C=O) groups excluding carboxylic acids is 3. The molecule has 0 bridgehead atoms. The summed E-state index contributed by atoms with van der Waals surface area (Å²) < 4.78 is 0.999. The van der Waals surface area contributed by atoms with Crippen LogP contribution in [0.5, 0.6) is 0 Å². The third-order valence-electron chi connectivity index (χ3n) is 4.86. The number of halogens is 1. The van der Waals surface area contributed by atoms with Gasteiger partial charge in [-0.3, -0.25) is 14.5 Å². The third-order valence-corrected chi connectivity index (χ3v) is 5.53. The number of carbonyl (C=O) groups is 3. The lowest BCUT2D eigenvalue weighted by atomic mass is 9.84. The van der Waals surface area contributed by atoms with Gasteiger partial charge in [0.15, 0.2) is 0 Å². The van der Waals surface area contributed by atoms with Crippen molar-refractivity contribution in [3.8, 4) is 0 Å². The minimum atomic E-state index is -0.806. The molecule has 1 saturated carbocycles. The van der Waals surface area contributed by atoms with Crippen molar-refractivity contribution in [1.29, 1.82) is 0 Å². The standard InChI is InChI=1S/C18H22IN3O3/c19-13-7-6-8-14(11-13)20-15(23)12-22-16(24)18(21-17(22)25)9-4-2-1-3-5-10-18/h6-8,11H,1-5,9-10,12H2,(H,20,23)(H,21,25). The van der Waals surface area contributed by atoms with Gasteiger partial charge in [-0.1, -0.05) is 38.2 Å². The van der Waals surface area contributed by atoms with Crippen molar-refractivity contribution in [1.82, 2.24) is 10.2 Å². The van der Waals surface area contributed by atoms with Crippen LogP contribution in [0.1, 0.15) is 44.9 Å². The molecule has 6 nitrogen and oxygen atoms in total. The Morgan fingerprint density at radius 1 is 1.16 bits per heavy atom. The Kier molecular flexibility index (Phi) is 5.61. The van der Waals surface area contributed by atoms with Crippen molar-refractivity contribution >= 4 is 46.1 Å². The Hall–Kier alpha value is -1.64. The molecular formula is C18H22IN3O3. The summed E-state index contributed by atoms with van der Waals surface area (Å²) in [5.74, 6) is -0.620. The molecule has 1 aromatic carbocycles. The fourth-order valence-corrected chi connectivity index (χ4v) is 4.12.